The fourth-order valence-corrected chi connectivity index (χ4v) is 1.97. The monoisotopic (exact) mass is 220 g/mol. The van der Waals surface area contributed by atoms with Crippen molar-refractivity contribution in [3.63, 3.8) is 0 Å². The van der Waals surface area contributed by atoms with Crippen LogP contribution in [0.15, 0.2) is 30.3 Å². The fourth-order valence-electron chi connectivity index (χ4n) is 1.97. The van der Waals surface area contributed by atoms with Gasteiger partial charge >= 0.3 is 0 Å². The molecule has 0 saturated carbocycles. The largest absolute Gasteiger partial charge is 0.389 e. The van der Waals surface area contributed by atoms with Gasteiger partial charge in [-0.1, -0.05) is 44.2 Å². The molecule has 88 valence electrons. The second kappa shape index (κ2) is 6.44. The number of hydrogen-bond acceptors (Lipinski definition) is 2. The molecule has 1 unspecified atom stereocenters. The van der Waals surface area contributed by atoms with Gasteiger partial charge in [0.25, 0.3) is 0 Å². The third kappa shape index (κ3) is 4.15. The van der Waals surface area contributed by atoms with Gasteiger partial charge in [0, 0.05) is 6.42 Å². The van der Waals surface area contributed by atoms with Crippen LogP contribution in [-0.2, 0) is 4.79 Å². The molecule has 1 atom stereocenters. The summed E-state index contributed by atoms with van der Waals surface area (Å²) in [5.74, 6) is 0.715. The zero-order valence-corrected chi connectivity index (χ0v) is 10.0. The van der Waals surface area contributed by atoms with Gasteiger partial charge in [-0.15, -0.1) is 0 Å². The van der Waals surface area contributed by atoms with E-state index in [1.54, 1.807) is 0 Å². The molecule has 2 heteroatoms. The van der Waals surface area contributed by atoms with Crippen molar-refractivity contribution in [1.82, 2.24) is 0 Å². The highest BCUT2D eigenvalue weighted by molar-refractivity contribution is 5.80. The molecule has 0 bridgehead atoms. The molecule has 16 heavy (non-hydrogen) atoms. The van der Waals surface area contributed by atoms with Gasteiger partial charge in [-0.2, -0.15) is 0 Å². The molecule has 1 N–H and O–H groups in total. The Hall–Kier alpha value is -1.15. The number of Topliss-reactive ketones (excluding diaryl/α,β-unsaturated/α-hetero) is 1. The number of aliphatic hydroxyl groups excluding tert-OH is 1. The summed E-state index contributed by atoms with van der Waals surface area (Å²) in [7, 11) is 0. The van der Waals surface area contributed by atoms with Crippen molar-refractivity contribution in [2.75, 3.05) is 6.61 Å². The quantitative estimate of drug-likeness (QED) is 0.800. The van der Waals surface area contributed by atoms with Crippen LogP contribution in [0, 0.1) is 5.92 Å². The summed E-state index contributed by atoms with van der Waals surface area (Å²) < 4.78 is 0. The van der Waals surface area contributed by atoms with Gasteiger partial charge in [0.05, 0.1) is 0 Å². The van der Waals surface area contributed by atoms with Crippen molar-refractivity contribution in [2.24, 2.45) is 5.92 Å². The Balaban J connectivity index is 2.75. The Bertz CT molecular complexity index is 317. The zero-order chi connectivity index (χ0) is 12.0. The molecular weight excluding hydrogens is 200 g/mol. The van der Waals surface area contributed by atoms with Crippen LogP contribution in [0.25, 0.3) is 0 Å². The summed E-state index contributed by atoms with van der Waals surface area (Å²) in [6.45, 7) is 3.96. The molecule has 1 rings (SSSR count). The minimum atomic E-state index is -0.346. The van der Waals surface area contributed by atoms with Gasteiger partial charge in [0.15, 0.2) is 5.78 Å². The summed E-state index contributed by atoms with van der Waals surface area (Å²) in [6, 6.07) is 10.1. The Labute approximate surface area is 97.3 Å². The fraction of sp³-hybridized carbons (Fsp3) is 0.500. The molecule has 1 aromatic rings. The van der Waals surface area contributed by atoms with Crippen molar-refractivity contribution >= 4 is 5.78 Å². The summed E-state index contributed by atoms with van der Waals surface area (Å²) >= 11 is 0. The smallest absolute Gasteiger partial charge is 0.158 e. The second-order valence-corrected chi connectivity index (χ2v) is 4.64. The Kier molecular flexibility index (Phi) is 5.20. The highest BCUT2D eigenvalue weighted by atomic mass is 16.3. The molecule has 0 fully saturated rings. The summed E-state index contributed by atoms with van der Waals surface area (Å²) in [6.07, 6.45) is 1.43. The number of carbonyl (C=O) groups is 1. The van der Waals surface area contributed by atoms with E-state index in [2.05, 4.69) is 26.0 Å². The SMILES string of the molecule is CC(C)CC(CC(=O)CO)c1ccccc1. The van der Waals surface area contributed by atoms with E-state index in [0.29, 0.717) is 12.3 Å². The van der Waals surface area contributed by atoms with Gasteiger partial charge < -0.3 is 5.11 Å². The minimum absolute atomic E-state index is 0.0745. The number of aliphatic hydroxyl groups is 1. The molecule has 2 nitrogen and oxygen atoms in total. The van der Waals surface area contributed by atoms with Crippen LogP contribution in [0.3, 0.4) is 0 Å². The first-order valence-corrected chi connectivity index (χ1v) is 5.81. The van der Waals surface area contributed by atoms with E-state index in [-0.39, 0.29) is 18.3 Å². The lowest BCUT2D eigenvalue weighted by atomic mass is 9.86. The topological polar surface area (TPSA) is 37.3 Å². The summed E-state index contributed by atoms with van der Waals surface area (Å²) in [5, 5.41) is 8.82. The number of ketones is 1. The van der Waals surface area contributed by atoms with E-state index < -0.39 is 0 Å². The molecule has 0 heterocycles. The number of carbonyl (C=O) groups excluding carboxylic acids is 1. The molecule has 0 saturated heterocycles. The Morgan fingerprint density at radius 3 is 2.38 bits per heavy atom. The van der Waals surface area contributed by atoms with E-state index in [1.165, 1.54) is 5.56 Å². The normalized spacial score (nSPS) is 12.8. The maximum Gasteiger partial charge on any atom is 0.158 e. The number of benzene rings is 1. The molecule has 0 aromatic heterocycles. The molecule has 0 aliphatic carbocycles. The first kappa shape index (κ1) is 12.9. The Morgan fingerprint density at radius 1 is 1.25 bits per heavy atom. The lowest BCUT2D eigenvalue weighted by Crippen LogP contribution is -2.12. The average Bonchev–Trinajstić information content (AvgIpc) is 2.28. The maximum atomic E-state index is 11.3. The van der Waals surface area contributed by atoms with E-state index in [9.17, 15) is 4.79 Å². The summed E-state index contributed by atoms with van der Waals surface area (Å²) in [5.41, 5.74) is 1.19. The van der Waals surface area contributed by atoms with E-state index in [1.807, 2.05) is 18.2 Å². The highest BCUT2D eigenvalue weighted by Gasteiger charge is 2.16. The third-order valence-corrected chi connectivity index (χ3v) is 2.68. The molecular formula is C14H20O2. The van der Waals surface area contributed by atoms with Gasteiger partial charge in [-0.25, -0.2) is 0 Å². The lowest BCUT2D eigenvalue weighted by Gasteiger charge is -2.18. The van der Waals surface area contributed by atoms with E-state index >= 15 is 0 Å². The van der Waals surface area contributed by atoms with Crippen LogP contribution < -0.4 is 0 Å². The van der Waals surface area contributed by atoms with Crippen molar-refractivity contribution in [1.29, 1.82) is 0 Å². The van der Waals surface area contributed by atoms with Crippen LogP contribution in [0.1, 0.15) is 38.2 Å². The van der Waals surface area contributed by atoms with E-state index in [4.69, 9.17) is 5.11 Å². The predicted octanol–water partition coefficient (Wildman–Crippen LogP) is 2.77. The molecule has 1 aromatic carbocycles. The van der Waals surface area contributed by atoms with Gasteiger partial charge in [0.2, 0.25) is 0 Å². The highest BCUT2D eigenvalue weighted by Crippen LogP contribution is 2.27. The summed E-state index contributed by atoms with van der Waals surface area (Å²) in [4.78, 5) is 11.3. The predicted molar refractivity (Wildman–Crippen MR) is 65.3 cm³/mol. The lowest BCUT2D eigenvalue weighted by molar-refractivity contribution is -0.122. The minimum Gasteiger partial charge on any atom is -0.389 e. The maximum absolute atomic E-state index is 11.3. The molecule has 0 aliphatic rings. The zero-order valence-electron chi connectivity index (χ0n) is 10.0. The van der Waals surface area contributed by atoms with Crippen molar-refractivity contribution in [2.45, 2.75) is 32.6 Å². The molecule has 0 aliphatic heterocycles. The van der Waals surface area contributed by atoms with Crippen LogP contribution in [0.2, 0.25) is 0 Å². The molecule has 0 spiro atoms. The van der Waals surface area contributed by atoms with Crippen LogP contribution in [0.5, 0.6) is 0 Å². The van der Waals surface area contributed by atoms with Crippen LogP contribution in [0.4, 0.5) is 0 Å². The number of hydrogen-bond donors (Lipinski definition) is 1. The van der Waals surface area contributed by atoms with Crippen molar-refractivity contribution in [3.05, 3.63) is 35.9 Å². The van der Waals surface area contributed by atoms with E-state index in [0.717, 1.165) is 6.42 Å². The van der Waals surface area contributed by atoms with Gasteiger partial charge in [-0.3, -0.25) is 4.79 Å². The average molecular weight is 220 g/mol. The third-order valence-electron chi connectivity index (χ3n) is 2.68. The van der Waals surface area contributed by atoms with Gasteiger partial charge in [0.1, 0.15) is 6.61 Å². The molecule has 0 radical (unpaired) electrons. The first-order valence-electron chi connectivity index (χ1n) is 5.81. The Morgan fingerprint density at radius 2 is 1.88 bits per heavy atom. The van der Waals surface area contributed by atoms with Crippen LogP contribution >= 0.6 is 0 Å². The van der Waals surface area contributed by atoms with Crippen LogP contribution in [-0.4, -0.2) is 17.5 Å². The molecule has 0 amide bonds. The first-order chi connectivity index (χ1) is 7.63. The van der Waals surface area contributed by atoms with Crippen molar-refractivity contribution in [3.8, 4) is 0 Å². The number of rotatable bonds is 6. The second-order valence-electron chi connectivity index (χ2n) is 4.64. The van der Waals surface area contributed by atoms with Crippen molar-refractivity contribution < 1.29 is 9.90 Å². The standard InChI is InChI=1S/C14H20O2/c1-11(2)8-13(9-14(16)10-15)12-6-4-3-5-7-12/h3-7,11,13,15H,8-10H2,1-2H3. The van der Waals surface area contributed by atoms with Gasteiger partial charge in [-0.05, 0) is 23.8 Å².